The van der Waals surface area contributed by atoms with Crippen LogP contribution in [0.4, 0.5) is 0 Å². The fourth-order valence-electron chi connectivity index (χ4n) is 6.89. The van der Waals surface area contributed by atoms with Crippen LogP contribution in [0.3, 0.4) is 0 Å². The number of thiazole rings is 1. The summed E-state index contributed by atoms with van der Waals surface area (Å²) in [5.41, 5.74) is 4.02. The molecular weight excluding hydrogens is 432 g/mol. The number of nitrogens with zero attached hydrogens (tertiary/aromatic N) is 4. The summed E-state index contributed by atoms with van der Waals surface area (Å²) in [6, 6.07) is 6.44. The van der Waals surface area contributed by atoms with Crippen LogP contribution in [0.15, 0.2) is 29.8 Å². The summed E-state index contributed by atoms with van der Waals surface area (Å²) in [7, 11) is 3.88. The second-order valence-corrected chi connectivity index (χ2v) is 11.3. The van der Waals surface area contributed by atoms with Crippen LogP contribution in [0.1, 0.15) is 48.0 Å². The maximum atomic E-state index is 10.6. The van der Waals surface area contributed by atoms with Crippen LogP contribution >= 0.6 is 11.3 Å². The molecule has 2 fully saturated rings. The van der Waals surface area contributed by atoms with Gasteiger partial charge in [0.25, 0.3) is 0 Å². The molecule has 3 aromatic rings. The lowest BCUT2D eigenvalue weighted by molar-refractivity contribution is -0.0152. The Labute approximate surface area is 199 Å². The van der Waals surface area contributed by atoms with Gasteiger partial charge in [-0.2, -0.15) is 0 Å². The molecule has 0 amide bonds. The second-order valence-electron chi connectivity index (χ2n) is 10.3. The average molecular weight is 467 g/mol. The van der Waals surface area contributed by atoms with E-state index in [2.05, 4.69) is 44.6 Å². The zero-order chi connectivity index (χ0) is 22.6. The number of aryl methyl sites for hydroxylation is 1. The van der Waals surface area contributed by atoms with E-state index in [0.29, 0.717) is 0 Å². The first-order valence-corrected chi connectivity index (χ1v) is 13.1. The van der Waals surface area contributed by atoms with Crippen molar-refractivity contribution in [3.05, 3.63) is 46.0 Å². The number of fused-ring (bicyclic) bond motifs is 4. The monoisotopic (exact) mass is 466 g/mol. The van der Waals surface area contributed by atoms with Crippen molar-refractivity contribution in [2.24, 2.45) is 13.0 Å². The van der Waals surface area contributed by atoms with Crippen molar-refractivity contribution in [3.63, 3.8) is 0 Å². The minimum Gasteiger partial charge on any atom is -0.497 e. The van der Waals surface area contributed by atoms with Crippen LogP contribution in [0.5, 0.6) is 5.75 Å². The van der Waals surface area contributed by atoms with E-state index in [1.54, 1.807) is 18.4 Å². The lowest BCUT2D eigenvalue weighted by Gasteiger charge is -2.57. The maximum absolute atomic E-state index is 10.6. The van der Waals surface area contributed by atoms with E-state index >= 15 is 0 Å². The third kappa shape index (κ3) is 3.52. The maximum Gasteiger partial charge on any atom is 0.120 e. The molecule has 1 spiro atoms. The topological polar surface area (TPSA) is 53.8 Å². The van der Waals surface area contributed by atoms with Gasteiger partial charge in [-0.3, -0.25) is 4.90 Å². The minimum atomic E-state index is -0.0261. The van der Waals surface area contributed by atoms with Gasteiger partial charge in [0.2, 0.25) is 0 Å². The van der Waals surface area contributed by atoms with Crippen molar-refractivity contribution >= 4 is 22.2 Å². The Balaban J connectivity index is 1.42. The highest BCUT2D eigenvalue weighted by Crippen LogP contribution is 2.50. The molecule has 33 heavy (non-hydrogen) atoms. The van der Waals surface area contributed by atoms with Gasteiger partial charge >= 0.3 is 0 Å². The van der Waals surface area contributed by atoms with E-state index in [9.17, 15) is 5.11 Å². The molecule has 176 valence electrons. The van der Waals surface area contributed by atoms with Crippen LogP contribution in [0, 0.1) is 5.92 Å². The molecule has 1 N–H and O–H groups in total. The van der Waals surface area contributed by atoms with Crippen LogP contribution in [0.25, 0.3) is 10.9 Å². The molecule has 6 rings (SSSR count). The van der Waals surface area contributed by atoms with Gasteiger partial charge in [0, 0.05) is 67.4 Å². The highest BCUT2D eigenvalue weighted by Gasteiger charge is 2.53. The predicted octanol–water partition coefficient (Wildman–Crippen LogP) is 3.94. The number of methoxy groups -OCH3 is 1. The Hall–Kier alpha value is -1.93. The standard InChI is InChI=1S/C26H34N4O2S/c1-28-21-11-19(32-2)7-8-20(21)24-25(28)22(14-31)30(13-23-27-9-10-33-23)17-26(24)15-29(16-26)12-18-5-3-4-6-18/h7-11,18,22,31H,3-6,12-17H2,1-2H3/t22-/m1/s1. The summed E-state index contributed by atoms with van der Waals surface area (Å²) in [5.74, 6) is 1.75. The van der Waals surface area contributed by atoms with Crippen molar-refractivity contribution in [3.8, 4) is 5.75 Å². The molecule has 1 saturated heterocycles. The molecule has 4 heterocycles. The lowest BCUT2D eigenvalue weighted by Crippen LogP contribution is -2.66. The number of ether oxygens (including phenoxy) is 1. The first-order valence-electron chi connectivity index (χ1n) is 12.2. The quantitative estimate of drug-likeness (QED) is 0.597. The van der Waals surface area contributed by atoms with Crippen LogP contribution in [0.2, 0.25) is 0 Å². The van der Waals surface area contributed by atoms with E-state index in [0.717, 1.165) is 42.9 Å². The zero-order valence-electron chi connectivity index (χ0n) is 19.7. The minimum absolute atomic E-state index is 0.0261. The zero-order valence-corrected chi connectivity index (χ0v) is 20.5. The van der Waals surface area contributed by atoms with Gasteiger partial charge in [0.15, 0.2) is 0 Å². The molecular formula is C26H34N4O2S. The van der Waals surface area contributed by atoms with Crippen molar-refractivity contribution in [2.75, 3.05) is 39.9 Å². The smallest absolute Gasteiger partial charge is 0.120 e. The van der Waals surface area contributed by atoms with Crippen LogP contribution < -0.4 is 4.74 Å². The number of hydrogen-bond acceptors (Lipinski definition) is 6. The summed E-state index contributed by atoms with van der Waals surface area (Å²) in [4.78, 5) is 9.72. The van der Waals surface area contributed by atoms with Gasteiger partial charge < -0.3 is 19.3 Å². The molecule has 2 aliphatic heterocycles. The number of aliphatic hydroxyl groups is 1. The van der Waals surface area contributed by atoms with Gasteiger partial charge in [-0.15, -0.1) is 11.3 Å². The highest BCUT2D eigenvalue weighted by atomic mass is 32.1. The summed E-state index contributed by atoms with van der Waals surface area (Å²) < 4.78 is 7.86. The van der Waals surface area contributed by atoms with Gasteiger partial charge in [-0.05, 0) is 36.5 Å². The Morgan fingerprint density at radius 3 is 2.73 bits per heavy atom. The molecule has 6 nitrogen and oxygen atoms in total. The molecule has 1 atom stereocenters. The van der Waals surface area contributed by atoms with Crippen molar-refractivity contribution in [1.29, 1.82) is 0 Å². The number of likely N-dealkylation sites (tertiary alicyclic amines) is 1. The van der Waals surface area contributed by atoms with Crippen molar-refractivity contribution < 1.29 is 9.84 Å². The second kappa shape index (κ2) is 8.38. The Morgan fingerprint density at radius 2 is 2.03 bits per heavy atom. The first-order chi connectivity index (χ1) is 16.1. The summed E-state index contributed by atoms with van der Waals surface area (Å²) >= 11 is 1.70. The summed E-state index contributed by atoms with van der Waals surface area (Å²) in [6.07, 6.45) is 7.48. The fourth-order valence-corrected chi connectivity index (χ4v) is 7.53. The Bertz CT molecular complexity index is 1130. The van der Waals surface area contributed by atoms with Crippen molar-refractivity contribution in [2.45, 2.75) is 43.7 Å². The molecule has 0 unspecified atom stereocenters. The normalized spacial score (nSPS) is 23.3. The molecule has 0 bridgehead atoms. The van der Waals surface area contributed by atoms with Gasteiger partial charge in [-0.25, -0.2) is 4.98 Å². The SMILES string of the molecule is COc1ccc2c3c(n(C)c2c1)[C@@H](CO)N(Cc1nccs1)CC31CN(CC2CCCC2)C1. The van der Waals surface area contributed by atoms with E-state index in [4.69, 9.17) is 4.74 Å². The Kier molecular flexibility index (Phi) is 5.48. The lowest BCUT2D eigenvalue weighted by atomic mass is 9.68. The molecule has 2 aromatic heterocycles. The van der Waals surface area contributed by atoms with Gasteiger partial charge in [0.05, 0.1) is 31.8 Å². The predicted molar refractivity (Wildman–Crippen MR) is 132 cm³/mol. The number of rotatable bonds is 6. The molecule has 1 aliphatic carbocycles. The van der Waals surface area contributed by atoms with Crippen LogP contribution in [-0.4, -0.2) is 64.4 Å². The number of aliphatic hydroxyl groups excluding tert-OH is 1. The molecule has 7 heteroatoms. The van der Waals surface area contributed by atoms with E-state index in [1.807, 2.05) is 11.6 Å². The summed E-state index contributed by atoms with van der Waals surface area (Å²) in [6.45, 7) is 5.32. The molecule has 1 aromatic carbocycles. The molecule has 1 saturated carbocycles. The van der Waals surface area contributed by atoms with E-state index in [-0.39, 0.29) is 18.1 Å². The number of benzene rings is 1. The Morgan fingerprint density at radius 1 is 1.21 bits per heavy atom. The fraction of sp³-hybridized carbons (Fsp3) is 0.577. The molecule has 0 radical (unpaired) electrons. The summed E-state index contributed by atoms with van der Waals surface area (Å²) in [5, 5.41) is 15.1. The highest BCUT2D eigenvalue weighted by molar-refractivity contribution is 7.09. The van der Waals surface area contributed by atoms with Crippen LogP contribution in [-0.2, 0) is 19.0 Å². The van der Waals surface area contributed by atoms with E-state index < -0.39 is 0 Å². The molecule has 3 aliphatic rings. The van der Waals surface area contributed by atoms with E-state index in [1.165, 1.54) is 54.4 Å². The average Bonchev–Trinajstić information content (AvgIpc) is 3.55. The van der Waals surface area contributed by atoms with Gasteiger partial charge in [-0.1, -0.05) is 12.8 Å². The van der Waals surface area contributed by atoms with Gasteiger partial charge in [0.1, 0.15) is 10.8 Å². The number of hydrogen-bond donors (Lipinski definition) is 1. The van der Waals surface area contributed by atoms with Crippen molar-refractivity contribution in [1.82, 2.24) is 19.4 Å². The largest absolute Gasteiger partial charge is 0.497 e. The first kappa shape index (κ1) is 21.6. The number of aromatic nitrogens is 2. The third-order valence-corrected chi connectivity index (χ3v) is 9.05. The third-order valence-electron chi connectivity index (χ3n) is 8.28.